The predicted molar refractivity (Wildman–Crippen MR) is 219 cm³/mol. The van der Waals surface area contributed by atoms with E-state index >= 15 is 0 Å². The second-order valence-electron chi connectivity index (χ2n) is 14.6. The number of rotatable bonds is 39. The summed E-state index contributed by atoms with van der Waals surface area (Å²) in [6.07, 6.45) is 45.7. The largest absolute Gasteiger partial charge is 0.462 e. The highest BCUT2D eigenvalue weighted by molar-refractivity contribution is 5.71. The van der Waals surface area contributed by atoms with E-state index in [1.807, 2.05) is 0 Å². The number of carbonyl (C=O) groups excluding carboxylic acids is 3. The van der Waals surface area contributed by atoms with Gasteiger partial charge in [-0.25, -0.2) is 0 Å². The molecule has 0 aliphatic rings. The van der Waals surface area contributed by atoms with Gasteiger partial charge in [-0.15, -0.1) is 0 Å². The molecule has 52 heavy (non-hydrogen) atoms. The van der Waals surface area contributed by atoms with Crippen LogP contribution in [0, 0.1) is 0 Å². The van der Waals surface area contributed by atoms with Crippen molar-refractivity contribution in [2.24, 2.45) is 0 Å². The summed E-state index contributed by atoms with van der Waals surface area (Å²) >= 11 is 0. The van der Waals surface area contributed by atoms with Crippen LogP contribution in [0.25, 0.3) is 0 Å². The van der Waals surface area contributed by atoms with Gasteiger partial charge in [-0.1, -0.05) is 160 Å². The summed E-state index contributed by atoms with van der Waals surface area (Å²) < 4.78 is 16.6. The fraction of sp³-hybridized carbons (Fsp3) is 0.804. The van der Waals surface area contributed by atoms with Crippen LogP contribution in [0.5, 0.6) is 0 Å². The maximum absolute atomic E-state index is 12.7. The first-order chi connectivity index (χ1) is 25.5. The maximum atomic E-state index is 12.7. The minimum absolute atomic E-state index is 0.0799. The maximum Gasteiger partial charge on any atom is 0.306 e. The Kier molecular flexibility index (Phi) is 39.5. The van der Waals surface area contributed by atoms with Crippen molar-refractivity contribution in [2.45, 2.75) is 226 Å². The highest BCUT2D eigenvalue weighted by Crippen LogP contribution is 2.13. The minimum atomic E-state index is -0.775. The van der Waals surface area contributed by atoms with Gasteiger partial charge in [-0.2, -0.15) is 0 Å². The molecule has 302 valence electrons. The van der Waals surface area contributed by atoms with Crippen LogP contribution in [0.2, 0.25) is 0 Å². The number of allylic oxidation sites excluding steroid dienone is 6. The molecule has 6 heteroatoms. The molecule has 0 fully saturated rings. The third-order valence-corrected chi connectivity index (χ3v) is 9.37. The third-order valence-electron chi connectivity index (χ3n) is 9.37. The summed E-state index contributed by atoms with van der Waals surface area (Å²) in [5.74, 6) is -0.913. The first kappa shape index (κ1) is 49.6. The van der Waals surface area contributed by atoms with Gasteiger partial charge in [0.1, 0.15) is 13.2 Å². The van der Waals surface area contributed by atoms with Gasteiger partial charge in [0.25, 0.3) is 0 Å². The molecule has 0 spiro atoms. The van der Waals surface area contributed by atoms with Gasteiger partial charge in [0, 0.05) is 19.3 Å². The Morgan fingerprint density at radius 2 is 0.692 bits per heavy atom. The summed E-state index contributed by atoms with van der Waals surface area (Å²) in [6, 6.07) is 0. The molecule has 0 aromatic carbocycles. The molecule has 0 N–H and O–H groups in total. The van der Waals surface area contributed by atoms with Crippen LogP contribution < -0.4 is 0 Å². The van der Waals surface area contributed by atoms with Crippen molar-refractivity contribution >= 4 is 17.9 Å². The predicted octanol–water partition coefficient (Wildman–Crippen LogP) is 13.8. The number of esters is 3. The Hall–Kier alpha value is -2.37. The van der Waals surface area contributed by atoms with Crippen LogP contribution >= 0.6 is 0 Å². The minimum Gasteiger partial charge on any atom is -0.462 e. The molecule has 0 bridgehead atoms. The van der Waals surface area contributed by atoms with Crippen LogP contribution in [0.4, 0.5) is 0 Å². The fourth-order valence-electron chi connectivity index (χ4n) is 5.99. The van der Waals surface area contributed by atoms with Crippen molar-refractivity contribution in [1.29, 1.82) is 0 Å². The summed E-state index contributed by atoms with van der Waals surface area (Å²) in [4.78, 5) is 37.5. The van der Waals surface area contributed by atoms with Crippen molar-refractivity contribution in [1.82, 2.24) is 0 Å². The van der Waals surface area contributed by atoms with Crippen LogP contribution in [0.1, 0.15) is 220 Å². The summed E-state index contributed by atoms with van der Waals surface area (Å²) in [5.41, 5.74) is 0. The van der Waals surface area contributed by atoms with Gasteiger partial charge in [-0.3, -0.25) is 14.4 Å². The fourth-order valence-corrected chi connectivity index (χ4v) is 5.99. The average Bonchev–Trinajstić information content (AvgIpc) is 3.14. The molecule has 0 radical (unpaired) electrons. The molecule has 0 amide bonds. The molecular formula is C46H82O6. The van der Waals surface area contributed by atoms with Gasteiger partial charge >= 0.3 is 17.9 Å². The molecule has 0 aliphatic heterocycles. The Balaban J connectivity index is 4.32. The van der Waals surface area contributed by atoms with Gasteiger partial charge in [-0.05, 0) is 77.0 Å². The van der Waals surface area contributed by atoms with Crippen LogP contribution in [-0.4, -0.2) is 37.2 Å². The molecule has 0 aromatic heterocycles. The molecule has 0 saturated heterocycles. The molecule has 0 aromatic rings. The average molecular weight is 731 g/mol. The number of carbonyl (C=O) groups is 3. The topological polar surface area (TPSA) is 78.9 Å². The van der Waals surface area contributed by atoms with Gasteiger partial charge in [0.2, 0.25) is 0 Å². The number of hydrogen-bond acceptors (Lipinski definition) is 6. The SMILES string of the molecule is CCCCC/C=C\C/C=C\CCCCCCCC(=O)OCC(COC(=O)CCCCCCCC)OC(=O)CCCCCCC/C=C\CCCCCC. The van der Waals surface area contributed by atoms with E-state index in [0.29, 0.717) is 19.3 Å². The van der Waals surface area contributed by atoms with Gasteiger partial charge in [0.05, 0.1) is 0 Å². The van der Waals surface area contributed by atoms with Crippen LogP contribution in [0.3, 0.4) is 0 Å². The van der Waals surface area contributed by atoms with Crippen LogP contribution in [-0.2, 0) is 28.6 Å². The zero-order chi connectivity index (χ0) is 38.0. The first-order valence-electron chi connectivity index (χ1n) is 22.0. The van der Waals surface area contributed by atoms with E-state index in [4.69, 9.17) is 14.2 Å². The summed E-state index contributed by atoms with van der Waals surface area (Å²) in [7, 11) is 0. The molecule has 1 atom stereocenters. The zero-order valence-corrected chi connectivity index (χ0v) is 34.3. The standard InChI is InChI=1S/C46H82O6/c1-4-7-10-13-16-18-20-22-23-25-26-28-30-33-36-39-45(48)51-42-43(41-50-44(47)38-35-32-15-12-9-6-3)52-46(49)40-37-34-31-29-27-24-21-19-17-14-11-8-5-2/h16,18-19,21-23,43H,4-15,17,20,24-42H2,1-3H3/b18-16-,21-19-,23-22-. The van der Waals surface area contributed by atoms with E-state index < -0.39 is 6.10 Å². The zero-order valence-electron chi connectivity index (χ0n) is 34.3. The van der Waals surface area contributed by atoms with E-state index in [2.05, 4.69) is 57.2 Å². The number of hydrogen-bond donors (Lipinski definition) is 0. The van der Waals surface area contributed by atoms with E-state index in [1.165, 1.54) is 89.9 Å². The second kappa shape index (κ2) is 41.4. The normalized spacial score (nSPS) is 12.3. The quantitative estimate of drug-likeness (QED) is 0.0271. The first-order valence-corrected chi connectivity index (χ1v) is 22.0. The molecule has 1 unspecified atom stereocenters. The van der Waals surface area contributed by atoms with E-state index in [9.17, 15) is 14.4 Å². The highest BCUT2D eigenvalue weighted by atomic mass is 16.6. The Labute approximate surface area is 321 Å². The molecule has 6 nitrogen and oxygen atoms in total. The lowest BCUT2D eigenvalue weighted by atomic mass is 10.1. The lowest BCUT2D eigenvalue weighted by molar-refractivity contribution is -0.167. The number of unbranched alkanes of at least 4 members (excludes halogenated alkanes) is 22. The Morgan fingerprint density at radius 3 is 1.13 bits per heavy atom. The Morgan fingerprint density at radius 1 is 0.385 bits per heavy atom. The van der Waals surface area contributed by atoms with E-state index in [-0.39, 0.29) is 31.1 Å². The van der Waals surface area contributed by atoms with Crippen molar-refractivity contribution < 1.29 is 28.6 Å². The molecular weight excluding hydrogens is 648 g/mol. The van der Waals surface area contributed by atoms with Crippen molar-refractivity contribution in [3.8, 4) is 0 Å². The van der Waals surface area contributed by atoms with Crippen molar-refractivity contribution in [3.05, 3.63) is 36.5 Å². The monoisotopic (exact) mass is 731 g/mol. The lowest BCUT2D eigenvalue weighted by Crippen LogP contribution is -2.30. The van der Waals surface area contributed by atoms with E-state index in [1.54, 1.807) is 0 Å². The van der Waals surface area contributed by atoms with Gasteiger partial charge in [0.15, 0.2) is 6.10 Å². The van der Waals surface area contributed by atoms with Crippen molar-refractivity contribution in [3.63, 3.8) is 0 Å². The Bertz CT molecular complexity index is 891. The van der Waals surface area contributed by atoms with Crippen molar-refractivity contribution in [2.75, 3.05) is 13.2 Å². The molecule has 0 rings (SSSR count). The van der Waals surface area contributed by atoms with E-state index in [0.717, 1.165) is 89.9 Å². The lowest BCUT2D eigenvalue weighted by Gasteiger charge is -2.18. The smallest absolute Gasteiger partial charge is 0.306 e. The highest BCUT2D eigenvalue weighted by Gasteiger charge is 2.19. The van der Waals surface area contributed by atoms with Crippen LogP contribution in [0.15, 0.2) is 36.5 Å². The molecule has 0 aliphatic carbocycles. The van der Waals surface area contributed by atoms with Gasteiger partial charge < -0.3 is 14.2 Å². The second-order valence-corrected chi connectivity index (χ2v) is 14.6. The molecule has 0 heterocycles. The summed E-state index contributed by atoms with van der Waals surface area (Å²) in [5, 5.41) is 0. The molecule has 0 saturated carbocycles. The number of ether oxygens (including phenoxy) is 3. The summed E-state index contributed by atoms with van der Waals surface area (Å²) in [6.45, 7) is 6.50. The third kappa shape index (κ3) is 38.9.